The molecule has 6 nitrogen and oxygen atoms in total. The summed E-state index contributed by atoms with van der Waals surface area (Å²) in [7, 11) is 1.19. The van der Waals surface area contributed by atoms with Gasteiger partial charge >= 0.3 is 0 Å². The Labute approximate surface area is 127 Å². The molecule has 0 aliphatic rings. The maximum Gasteiger partial charge on any atom is 0.251 e. The van der Waals surface area contributed by atoms with Crippen LogP contribution >= 0.6 is 15.9 Å². The molecule has 2 N–H and O–H groups in total. The van der Waals surface area contributed by atoms with E-state index in [1.165, 1.54) is 32.3 Å². The summed E-state index contributed by atoms with van der Waals surface area (Å²) in [5.74, 6) is -0.241. The second-order valence-electron chi connectivity index (χ2n) is 4.29. The minimum Gasteiger partial charge on any atom is -0.351 e. The van der Waals surface area contributed by atoms with E-state index in [1.54, 1.807) is 7.05 Å². The van der Waals surface area contributed by atoms with Crippen molar-refractivity contribution in [3.05, 3.63) is 28.2 Å². The van der Waals surface area contributed by atoms with Crippen LogP contribution in [-0.4, -0.2) is 52.9 Å². The van der Waals surface area contributed by atoms with Crippen molar-refractivity contribution < 1.29 is 13.2 Å². The molecule has 1 aromatic carbocycles. The number of hydrogen-bond donors (Lipinski definition) is 2. The molecule has 0 fully saturated rings. The zero-order chi connectivity index (χ0) is 15.3. The Balaban J connectivity index is 2.97. The van der Waals surface area contributed by atoms with E-state index in [-0.39, 0.29) is 10.8 Å². The zero-order valence-electron chi connectivity index (χ0n) is 11.6. The van der Waals surface area contributed by atoms with Gasteiger partial charge in [0.15, 0.2) is 0 Å². The van der Waals surface area contributed by atoms with E-state index in [1.807, 2.05) is 0 Å². The van der Waals surface area contributed by atoms with Crippen LogP contribution in [0.5, 0.6) is 0 Å². The van der Waals surface area contributed by atoms with Gasteiger partial charge in [0.2, 0.25) is 10.0 Å². The Morgan fingerprint density at radius 3 is 2.45 bits per heavy atom. The van der Waals surface area contributed by atoms with Crippen molar-refractivity contribution in [2.75, 3.05) is 34.2 Å². The third-order valence-corrected chi connectivity index (χ3v) is 5.41. The van der Waals surface area contributed by atoms with Crippen LogP contribution < -0.4 is 10.6 Å². The SMILES string of the molecule is CNCCNC(=O)c1ccc(S(=O)(=O)N(C)C)c(Br)c1. The summed E-state index contributed by atoms with van der Waals surface area (Å²) in [6, 6.07) is 4.42. The summed E-state index contributed by atoms with van der Waals surface area (Å²) in [5, 5.41) is 5.64. The van der Waals surface area contributed by atoms with E-state index in [9.17, 15) is 13.2 Å². The van der Waals surface area contributed by atoms with E-state index >= 15 is 0 Å². The van der Waals surface area contributed by atoms with Gasteiger partial charge < -0.3 is 10.6 Å². The van der Waals surface area contributed by atoms with Crippen molar-refractivity contribution in [2.24, 2.45) is 0 Å². The lowest BCUT2D eigenvalue weighted by Crippen LogP contribution is -2.30. The van der Waals surface area contributed by atoms with Crippen molar-refractivity contribution in [2.45, 2.75) is 4.90 Å². The maximum atomic E-state index is 12.0. The topological polar surface area (TPSA) is 78.5 Å². The Bertz CT molecular complexity index is 588. The summed E-state index contributed by atoms with van der Waals surface area (Å²) in [4.78, 5) is 12.0. The van der Waals surface area contributed by atoms with E-state index in [0.717, 1.165) is 4.31 Å². The second kappa shape index (κ2) is 7.16. The van der Waals surface area contributed by atoms with Gasteiger partial charge in [0.25, 0.3) is 5.91 Å². The highest BCUT2D eigenvalue weighted by molar-refractivity contribution is 9.10. The van der Waals surface area contributed by atoms with Gasteiger partial charge in [0.05, 0.1) is 4.90 Å². The average molecular weight is 364 g/mol. The van der Waals surface area contributed by atoms with Crippen molar-refractivity contribution in [3.8, 4) is 0 Å². The largest absolute Gasteiger partial charge is 0.351 e. The summed E-state index contributed by atoms with van der Waals surface area (Å²) in [6.45, 7) is 1.17. The van der Waals surface area contributed by atoms with Crippen LogP contribution in [0.4, 0.5) is 0 Å². The van der Waals surface area contributed by atoms with E-state index in [4.69, 9.17) is 0 Å². The number of nitrogens with zero attached hydrogens (tertiary/aromatic N) is 1. The van der Waals surface area contributed by atoms with Crippen LogP contribution in [0.25, 0.3) is 0 Å². The molecule has 0 atom stereocenters. The predicted octanol–water partition coefficient (Wildman–Crippen LogP) is 0.649. The van der Waals surface area contributed by atoms with Crippen molar-refractivity contribution in [3.63, 3.8) is 0 Å². The fraction of sp³-hybridized carbons (Fsp3) is 0.417. The third-order valence-electron chi connectivity index (χ3n) is 2.61. The number of benzene rings is 1. The molecule has 0 bridgehead atoms. The molecule has 0 aliphatic carbocycles. The highest BCUT2D eigenvalue weighted by atomic mass is 79.9. The number of sulfonamides is 1. The van der Waals surface area contributed by atoms with Crippen LogP contribution in [0.2, 0.25) is 0 Å². The smallest absolute Gasteiger partial charge is 0.251 e. The van der Waals surface area contributed by atoms with Gasteiger partial charge in [-0.3, -0.25) is 4.79 Å². The molecule has 1 rings (SSSR count). The van der Waals surface area contributed by atoms with Gasteiger partial charge in [-0.25, -0.2) is 12.7 Å². The fourth-order valence-electron chi connectivity index (χ4n) is 1.45. The van der Waals surface area contributed by atoms with E-state index in [0.29, 0.717) is 23.1 Å². The molecule has 0 aromatic heterocycles. The molecule has 8 heteroatoms. The lowest BCUT2D eigenvalue weighted by Gasteiger charge is -2.13. The third kappa shape index (κ3) is 4.02. The molecule has 0 saturated carbocycles. The number of rotatable bonds is 6. The lowest BCUT2D eigenvalue weighted by molar-refractivity contribution is 0.0954. The normalized spacial score (nSPS) is 11.7. The molecule has 0 heterocycles. The summed E-state index contributed by atoms with van der Waals surface area (Å²) in [6.07, 6.45) is 0. The first kappa shape index (κ1) is 17.1. The summed E-state index contributed by atoms with van der Waals surface area (Å²) < 4.78 is 25.6. The average Bonchev–Trinajstić information content (AvgIpc) is 2.38. The molecule has 1 aromatic rings. The first-order chi connectivity index (χ1) is 9.30. The van der Waals surface area contributed by atoms with Crippen LogP contribution in [0, 0.1) is 0 Å². The lowest BCUT2D eigenvalue weighted by atomic mass is 10.2. The highest BCUT2D eigenvalue weighted by Gasteiger charge is 2.21. The van der Waals surface area contributed by atoms with Crippen LogP contribution in [-0.2, 0) is 10.0 Å². The van der Waals surface area contributed by atoms with Gasteiger partial charge in [-0.1, -0.05) is 0 Å². The molecule has 0 unspecified atom stereocenters. The van der Waals surface area contributed by atoms with Crippen molar-refractivity contribution in [1.29, 1.82) is 0 Å². The van der Waals surface area contributed by atoms with Gasteiger partial charge in [-0.15, -0.1) is 0 Å². The number of nitrogens with one attached hydrogen (secondary N) is 2. The van der Waals surface area contributed by atoms with Crippen LogP contribution in [0.3, 0.4) is 0 Å². The molecular formula is C12H18BrN3O3S. The molecule has 0 spiro atoms. The molecule has 0 aliphatic heterocycles. The predicted molar refractivity (Wildman–Crippen MR) is 81.3 cm³/mol. The molecule has 112 valence electrons. The number of halogens is 1. The molecular weight excluding hydrogens is 346 g/mol. The molecule has 0 saturated heterocycles. The van der Waals surface area contributed by atoms with Gasteiger partial charge in [0, 0.05) is 37.2 Å². The number of carbonyl (C=O) groups excluding carboxylic acids is 1. The number of carbonyl (C=O) groups is 1. The second-order valence-corrected chi connectivity index (χ2v) is 7.27. The fourth-order valence-corrected chi connectivity index (χ4v) is 3.38. The monoisotopic (exact) mass is 363 g/mol. The van der Waals surface area contributed by atoms with Crippen molar-refractivity contribution >= 4 is 31.9 Å². The first-order valence-corrected chi connectivity index (χ1v) is 8.19. The Morgan fingerprint density at radius 1 is 1.30 bits per heavy atom. The van der Waals surface area contributed by atoms with Crippen LogP contribution in [0.15, 0.2) is 27.6 Å². The Kier molecular flexibility index (Phi) is 6.12. The standard InChI is InChI=1S/C12H18BrN3O3S/c1-14-6-7-15-12(17)9-4-5-11(10(13)8-9)20(18,19)16(2)3/h4-5,8,14H,6-7H2,1-3H3,(H,15,17). The molecule has 1 amide bonds. The minimum absolute atomic E-state index is 0.134. The van der Waals surface area contributed by atoms with Gasteiger partial charge in [0.1, 0.15) is 0 Å². The summed E-state index contributed by atoms with van der Waals surface area (Å²) >= 11 is 3.20. The molecule has 0 radical (unpaired) electrons. The zero-order valence-corrected chi connectivity index (χ0v) is 14.0. The number of amides is 1. The van der Waals surface area contributed by atoms with Gasteiger partial charge in [-0.05, 0) is 41.2 Å². The Hall–Kier alpha value is -0.960. The maximum absolute atomic E-state index is 12.0. The van der Waals surface area contributed by atoms with Gasteiger partial charge in [-0.2, -0.15) is 0 Å². The van der Waals surface area contributed by atoms with Crippen LogP contribution in [0.1, 0.15) is 10.4 Å². The highest BCUT2D eigenvalue weighted by Crippen LogP contribution is 2.25. The number of likely N-dealkylation sites (N-methyl/N-ethyl adjacent to an activating group) is 1. The molecule has 20 heavy (non-hydrogen) atoms. The number of hydrogen-bond acceptors (Lipinski definition) is 4. The Morgan fingerprint density at radius 2 is 1.95 bits per heavy atom. The first-order valence-electron chi connectivity index (χ1n) is 5.95. The van der Waals surface area contributed by atoms with Crippen molar-refractivity contribution in [1.82, 2.24) is 14.9 Å². The quantitative estimate of drug-likeness (QED) is 0.727. The van der Waals surface area contributed by atoms with E-state index < -0.39 is 10.0 Å². The minimum atomic E-state index is -3.53. The summed E-state index contributed by atoms with van der Waals surface area (Å²) in [5.41, 5.74) is 0.408. The van der Waals surface area contributed by atoms with E-state index in [2.05, 4.69) is 26.6 Å².